The summed E-state index contributed by atoms with van der Waals surface area (Å²) in [5.41, 5.74) is 2.32. The van der Waals surface area contributed by atoms with E-state index < -0.39 is 10.0 Å². The van der Waals surface area contributed by atoms with Crippen LogP contribution in [0.5, 0.6) is 0 Å². The molecule has 1 fully saturated rings. The summed E-state index contributed by atoms with van der Waals surface area (Å²) in [7, 11) is -3.62. The van der Waals surface area contributed by atoms with Crippen LogP contribution >= 0.6 is 11.8 Å². The van der Waals surface area contributed by atoms with E-state index in [2.05, 4.69) is 33.4 Å². The fourth-order valence-corrected chi connectivity index (χ4v) is 3.35. The third-order valence-electron chi connectivity index (χ3n) is 3.91. The van der Waals surface area contributed by atoms with Crippen molar-refractivity contribution in [3.63, 3.8) is 0 Å². The van der Waals surface area contributed by atoms with Crippen molar-refractivity contribution < 1.29 is 43.1 Å². The zero-order valence-electron chi connectivity index (χ0n) is 15.0. The normalized spacial score (nSPS) is 17.1. The number of aryl methyl sites for hydroxylation is 1. The van der Waals surface area contributed by atoms with Gasteiger partial charge < -0.3 is 9.35 Å². The largest absolute Gasteiger partial charge is 1.00 e. The van der Waals surface area contributed by atoms with Crippen molar-refractivity contribution >= 4 is 21.8 Å². The Kier molecular flexibility index (Phi) is 10.4. The van der Waals surface area contributed by atoms with Gasteiger partial charge in [0.2, 0.25) is 0 Å². The van der Waals surface area contributed by atoms with Crippen molar-refractivity contribution in [1.29, 1.82) is 0 Å². The molecule has 1 heterocycles. The van der Waals surface area contributed by atoms with Gasteiger partial charge in [-0.1, -0.05) is 48.0 Å². The molecule has 0 spiro atoms. The molecule has 8 heteroatoms. The van der Waals surface area contributed by atoms with Crippen LogP contribution in [-0.2, 0) is 16.6 Å². The van der Waals surface area contributed by atoms with Gasteiger partial charge in [0.15, 0.2) is 0 Å². The molecule has 1 saturated heterocycles. The minimum Gasteiger partial charge on any atom is -0.458 e. The number of nitrogens with zero attached hydrogens (tertiary/aromatic N) is 2. The zero-order valence-corrected chi connectivity index (χ0v) is 18.6. The Hall–Kier alpha value is -0.440. The van der Waals surface area contributed by atoms with E-state index in [0.717, 1.165) is 31.6 Å². The molecule has 136 valence electrons. The first-order chi connectivity index (χ1) is 11.9. The number of rotatable bonds is 4. The number of benzene rings is 2. The quantitative estimate of drug-likeness (QED) is 0.752. The molecule has 26 heavy (non-hydrogen) atoms. The van der Waals surface area contributed by atoms with Crippen LogP contribution in [0.25, 0.3) is 4.24 Å². The van der Waals surface area contributed by atoms with Crippen LogP contribution in [-0.4, -0.2) is 37.6 Å². The van der Waals surface area contributed by atoms with Crippen LogP contribution < -0.4 is 29.6 Å². The maximum atomic E-state index is 11.0. The molecule has 1 atom stereocenters. The van der Waals surface area contributed by atoms with Crippen molar-refractivity contribution in [2.45, 2.75) is 30.9 Å². The third kappa shape index (κ3) is 7.66. The topological polar surface area (TPSA) is 71.7 Å². The van der Waals surface area contributed by atoms with Crippen molar-refractivity contribution in [2.24, 2.45) is 0 Å². The second kappa shape index (κ2) is 11.4. The van der Waals surface area contributed by atoms with E-state index in [0.29, 0.717) is 0 Å². The van der Waals surface area contributed by atoms with Crippen molar-refractivity contribution in [3.8, 4) is 0 Å². The van der Waals surface area contributed by atoms with E-state index in [1.165, 1.54) is 17.7 Å². The summed E-state index contributed by atoms with van der Waals surface area (Å²) in [6.45, 7) is 4.69. The second-order valence-electron chi connectivity index (χ2n) is 6.02. The predicted octanol–water partition coefficient (Wildman–Crippen LogP) is 0.468. The van der Waals surface area contributed by atoms with Gasteiger partial charge in [0.25, 0.3) is 0 Å². The molecule has 1 unspecified atom stereocenters. The Morgan fingerprint density at radius 3 is 2.27 bits per heavy atom. The van der Waals surface area contributed by atoms with E-state index in [9.17, 15) is 13.5 Å². The standard InChI is InChI=1S/C11H15NO.C7H7ClNO2S.Na/c13-11-6-7-12(9-11)8-10-4-2-1-3-5-10;1-6-2-4-7(5-3-6)12(10,11)9-8;/h1-5,11,13H,6-9H2;2-5H,1H3;/q;-1;+1. The molecular formula is C18H22ClN2NaO3S. The molecule has 1 aliphatic heterocycles. The average molecular weight is 405 g/mol. The smallest absolute Gasteiger partial charge is 0.458 e. The molecule has 0 amide bonds. The number of halogens is 1. The molecule has 2 aromatic carbocycles. The number of sulfonamides is 1. The maximum Gasteiger partial charge on any atom is 1.00 e. The molecule has 1 N–H and O–H groups in total. The van der Waals surface area contributed by atoms with Crippen molar-refractivity contribution in [3.05, 3.63) is 70.0 Å². The minimum absolute atomic E-state index is 0. The van der Waals surface area contributed by atoms with Crippen LogP contribution in [0, 0.1) is 6.92 Å². The van der Waals surface area contributed by atoms with Crippen LogP contribution in [0.2, 0.25) is 0 Å². The summed E-state index contributed by atoms with van der Waals surface area (Å²) in [5, 5.41) is 9.34. The predicted molar refractivity (Wildman–Crippen MR) is 99.9 cm³/mol. The summed E-state index contributed by atoms with van der Waals surface area (Å²) < 4.78 is 24.8. The summed E-state index contributed by atoms with van der Waals surface area (Å²) >= 11 is 4.90. The van der Waals surface area contributed by atoms with Gasteiger partial charge in [0.05, 0.1) is 6.10 Å². The number of β-amino-alcohol motifs (C(OH)–C–C–N with tert-alkyl or cyclic N) is 1. The first-order valence-corrected chi connectivity index (χ1v) is 9.78. The molecule has 2 aromatic rings. The third-order valence-corrected chi connectivity index (χ3v) is 5.50. The van der Waals surface area contributed by atoms with Crippen LogP contribution in [0.15, 0.2) is 59.5 Å². The SMILES string of the molecule is Cc1ccc(S(=O)(=O)[N-]Cl)cc1.OC1CCN(Cc2ccccc2)C1.[Na+]. The molecule has 0 aliphatic carbocycles. The van der Waals surface area contributed by atoms with E-state index in [4.69, 9.17) is 11.8 Å². The van der Waals surface area contributed by atoms with Gasteiger partial charge in [0.1, 0.15) is 10.0 Å². The number of likely N-dealkylation sites (tertiary alicyclic amines) is 1. The van der Waals surface area contributed by atoms with Crippen LogP contribution in [0.1, 0.15) is 17.5 Å². The Balaban J connectivity index is 0.000000251. The number of aliphatic hydroxyl groups excluding tert-OH is 1. The Bertz CT molecular complexity index is 758. The van der Waals surface area contributed by atoms with Crippen LogP contribution in [0.4, 0.5) is 0 Å². The van der Waals surface area contributed by atoms with Gasteiger partial charge in [-0.15, -0.1) is 0 Å². The van der Waals surface area contributed by atoms with Crippen molar-refractivity contribution in [1.82, 2.24) is 4.90 Å². The number of hydrogen-bond acceptors (Lipinski definition) is 4. The van der Waals surface area contributed by atoms with Crippen molar-refractivity contribution in [2.75, 3.05) is 13.1 Å². The monoisotopic (exact) mass is 404 g/mol. The van der Waals surface area contributed by atoms with Gasteiger partial charge in [-0.05, 0) is 31.0 Å². The van der Waals surface area contributed by atoms with Gasteiger partial charge in [-0.3, -0.25) is 16.7 Å². The molecule has 5 nitrogen and oxygen atoms in total. The van der Waals surface area contributed by atoms with Crippen LogP contribution in [0.3, 0.4) is 0 Å². The molecule has 0 aromatic heterocycles. The molecule has 3 rings (SSSR count). The molecule has 0 saturated carbocycles. The fourth-order valence-electron chi connectivity index (χ4n) is 2.55. The summed E-state index contributed by atoms with van der Waals surface area (Å²) in [6.07, 6.45) is 0.816. The van der Waals surface area contributed by atoms with Gasteiger partial charge in [0, 0.05) is 24.5 Å². The van der Waals surface area contributed by atoms with E-state index in [1.54, 1.807) is 12.1 Å². The van der Waals surface area contributed by atoms with E-state index in [1.807, 2.05) is 13.0 Å². The summed E-state index contributed by atoms with van der Waals surface area (Å²) in [5.74, 6) is 0. The molecule has 0 bridgehead atoms. The Labute approximate surface area is 182 Å². The zero-order chi connectivity index (χ0) is 18.3. The number of aliphatic hydroxyl groups is 1. The first-order valence-electron chi connectivity index (χ1n) is 8.00. The Morgan fingerprint density at radius 1 is 1.15 bits per heavy atom. The second-order valence-corrected chi connectivity index (χ2v) is 7.99. The summed E-state index contributed by atoms with van der Waals surface area (Å²) in [6, 6.07) is 16.7. The number of hydrogen-bond donors (Lipinski definition) is 1. The van der Waals surface area contributed by atoms with E-state index in [-0.39, 0.29) is 40.6 Å². The Morgan fingerprint density at radius 2 is 1.77 bits per heavy atom. The van der Waals surface area contributed by atoms with Gasteiger partial charge in [-0.25, -0.2) is 8.42 Å². The summed E-state index contributed by atoms with van der Waals surface area (Å²) in [4.78, 5) is 2.41. The maximum absolute atomic E-state index is 11.0. The fraction of sp³-hybridized carbons (Fsp3) is 0.333. The molecule has 0 radical (unpaired) electrons. The van der Waals surface area contributed by atoms with E-state index >= 15 is 0 Å². The van der Waals surface area contributed by atoms with Gasteiger partial charge in [-0.2, -0.15) is 0 Å². The van der Waals surface area contributed by atoms with Gasteiger partial charge >= 0.3 is 29.6 Å². The average Bonchev–Trinajstić information content (AvgIpc) is 3.02. The molecule has 1 aliphatic rings. The molecular weight excluding hydrogens is 383 g/mol. The minimum atomic E-state index is -3.62. The first kappa shape index (κ1) is 23.6.